The van der Waals surface area contributed by atoms with Gasteiger partial charge in [0.05, 0.1) is 6.20 Å². The van der Waals surface area contributed by atoms with Gasteiger partial charge in [0.1, 0.15) is 11.2 Å². The lowest BCUT2D eigenvalue weighted by Gasteiger charge is -2.18. The van der Waals surface area contributed by atoms with Gasteiger partial charge < -0.3 is 4.42 Å². The third-order valence-corrected chi connectivity index (χ3v) is 5.57. The van der Waals surface area contributed by atoms with Crippen molar-refractivity contribution < 1.29 is 4.42 Å². The maximum Gasteiger partial charge on any atom is 0.247 e. The summed E-state index contributed by atoms with van der Waals surface area (Å²) >= 11 is 3.18. The van der Waals surface area contributed by atoms with E-state index < -0.39 is 0 Å². The van der Waals surface area contributed by atoms with Crippen LogP contribution in [0.5, 0.6) is 0 Å². The standard InChI is InChI=1S/C16H16N4OS2/c1-16(2,3)9-5-6-12-10(7-9)17-13(21-12)11-8-20-14(18-11)23-15(19-20)22-4/h5-8H,1-4H3. The topological polar surface area (TPSA) is 56.2 Å². The van der Waals surface area contributed by atoms with E-state index in [2.05, 4.69) is 48.0 Å². The van der Waals surface area contributed by atoms with Crippen LogP contribution in [-0.4, -0.2) is 25.8 Å². The number of nitrogens with zero attached hydrogens (tertiary/aromatic N) is 4. The molecule has 3 aromatic heterocycles. The normalized spacial score (nSPS) is 12.5. The molecule has 0 saturated carbocycles. The number of oxazole rings is 1. The van der Waals surface area contributed by atoms with E-state index in [4.69, 9.17) is 4.42 Å². The maximum absolute atomic E-state index is 5.86. The molecule has 0 aliphatic rings. The van der Waals surface area contributed by atoms with Crippen LogP contribution >= 0.6 is 23.1 Å². The minimum atomic E-state index is 0.0858. The molecule has 118 valence electrons. The first-order valence-corrected chi connectivity index (χ1v) is 9.30. The number of thioether (sulfide) groups is 1. The van der Waals surface area contributed by atoms with Gasteiger partial charge in [0.2, 0.25) is 10.9 Å². The lowest BCUT2D eigenvalue weighted by atomic mass is 9.87. The molecule has 0 unspecified atom stereocenters. The molecule has 0 radical (unpaired) electrons. The lowest BCUT2D eigenvalue weighted by Crippen LogP contribution is -2.10. The van der Waals surface area contributed by atoms with Gasteiger partial charge in [-0.3, -0.25) is 0 Å². The highest BCUT2D eigenvalue weighted by Crippen LogP contribution is 2.30. The van der Waals surface area contributed by atoms with Gasteiger partial charge in [-0.15, -0.1) is 5.10 Å². The maximum atomic E-state index is 5.86. The summed E-state index contributed by atoms with van der Waals surface area (Å²) in [4.78, 5) is 10.0. The molecule has 0 spiro atoms. The van der Waals surface area contributed by atoms with Gasteiger partial charge in [-0.25, -0.2) is 14.5 Å². The van der Waals surface area contributed by atoms with Crippen molar-refractivity contribution in [3.05, 3.63) is 30.0 Å². The largest absolute Gasteiger partial charge is 0.435 e. The Balaban J connectivity index is 1.79. The van der Waals surface area contributed by atoms with Crippen LogP contribution in [0.1, 0.15) is 26.3 Å². The van der Waals surface area contributed by atoms with Crippen LogP contribution in [0.4, 0.5) is 0 Å². The van der Waals surface area contributed by atoms with Crippen LogP contribution in [0.2, 0.25) is 0 Å². The highest BCUT2D eigenvalue weighted by atomic mass is 32.2. The molecule has 0 atom stereocenters. The second kappa shape index (κ2) is 5.07. The molecule has 0 N–H and O–H groups in total. The summed E-state index contributed by atoms with van der Waals surface area (Å²) in [5, 5.41) is 4.44. The predicted molar refractivity (Wildman–Crippen MR) is 94.3 cm³/mol. The fraction of sp³-hybridized carbons (Fsp3) is 0.312. The summed E-state index contributed by atoms with van der Waals surface area (Å²) in [6.45, 7) is 6.56. The van der Waals surface area contributed by atoms with Gasteiger partial charge in [-0.2, -0.15) is 0 Å². The van der Waals surface area contributed by atoms with Crippen molar-refractivity contribution in [2.45, 2.75) is 30.5 Å². The van der Waals surface area contributed by atoms with Crippen molar-refractivity contribution in [3.8, 4) is 11.6 Å². The number of rotatable bonds is 2. The second-order valence-corrected chi connectivity index (χ2v) is 8.39. The molecule has 0 amide bonds. The zero-order chi connectivity index (χ0) is 16.2. The van der Waals surface area contributed by atoms with Crippen molar-refractivity contribution in [1.29, 1.82) is 0 Å². The van der Waals surface area contributed by atoms with Crippen LogP contribution in [0.15, 0.2) is 33.2 Å². The van der Waals surface area contributed by atoms with E-state index in [1.165, 1.54) is 5.56 Å². The molecule has 3 heterocycles. The highest BCUT2D eigenvalue weighted by molar-refractivity contribution is 8.00. The van der Waals surface area contributed by atoms with E-state index in [1.54, 1.807) is 27.6 Å². The van der Waals surface area contributed by atoms with Gasteiger partial charge in [0, 0.05) is 0 Å². The number of aromatic nitrogens is 4. The molecule has 0 saturated heterocycles. The minimum Gasteiger partial charge on any atom is -0.435 e. The first-order chi connectivity index (χ1) is 10.9. The van der Waals surface area contributed by atoms with Crippen LogP contribution in [0, 0.1) is 0 Å². The van der Waals surface area contributed by atoms with E-state index in [9.17, 15) is 0 Å². The summed E-state index contributed by atoms with van der Waals surface area (Å²) in [6, 6.07) is 6.16. The minimum absolute atomic E-state index is 0.0858. The number of benzene rings is 1. The third-order valence-electron chi connectivity index (χ3n) is 3.67. The van der Waals surface area contributed by atoms with Crippen LogP contribution in [0.3, 0.4) is 0 Å². The lowest BCUT2D eigenvalue weighted by molar-refractivity contribution is 0.590. The zero-order valence-electron chi connectivity index (χ0n) is 13.3. The molecule has 4 rings (SSSR count). The summed E-state index contributed by atoms with van der Waals surface area (Å²) in [7, 11) is 0. The van der Waals surface area contributed by atoms with E-state index in [-0.39, 0.29) is 5.41 Å². The van der Waals surface area contributed by atoms with Gasteiger partial charge in [-0.1, -0.05) is 49.9 Å². The zero-order valence-corrected chi connectivity index (χ0v) is 15.0. The molecule has 1 aromatic carbocycles. The Labute approximate surface area is 141 Å². The smallest absolute Gasteiger partial charge is 0.247 e. The monoisotopic (exact) mass is 344 g/mol. The number of imidazole rings is 1. The number of hydrogen-bond acceptors (Lipinski definition) is 6. The van der Waals surface area contributed by atoms with Gasteiger partial charge in [0.15, 0.2) is 9.92 Å². The van der Waals surface area contributed by atoms with Crippen molar-refractivity contribution in [2.24, 2.45) is 0 Å². The van der Waals surface area contributed by atoms with Crippen molar-refractivity contribution >= 4 is 39.2 Å². The number of hydrogen-bond donors (Lipinski definition) is 0. The molecular weight excluding hydrogens is 328 g/mol. The van der Waals surface area contributed by atoms with Crippen LogP contribution in [0.25, 0.3) is 27.6 Å². The summed E-state index contributed by atoms with van der Waals surface area (Å²) < 4.78 is 8.63. The average molecular weight is 344 g/mol. The van der Waals surface area contributed by atoms with Crippen molar-refractivity contribution in [2.75, 3.05) is 6.26 Å². The molecule has 0 aliphatic heterocycles. The van der Waals surface area contributed by atoms with Crippen molar-refractivity contribution in [3.63, 3.8) is 0 Å². The Bertz CT molecular complexity index is 975. The molecule has 0 bridgehead atoms. The Morgan fingerprint density at radius 1 is 1.22 bits per heavy atom. The first-order valence-electron chi connectivity index (χ1n) is 7.26. The van der Waals surface area contributed by atoms with E-state index in [1.807, 2.05) is 18.5 Å². The molecule has 5 nitrogen and oxygen atoms in total. The van der Waals surface area contributed by atoms with Gasteiger partial charge >= 0.3 is 0 Å². The predicted octanol–water partition coefficient (Wildman–Crippen LogP) is 4.62. The fourth-order valence-electron chi connectivity index (χ4n) is 2.37. The quantitative estimate of drug-likeness (QED) is 0.497. The van der Waals surface area contributed by atoms with E-state index >= 15 is 0 Å². The molecule has 0 aliphatic carbocycles. The fourth-order valence-corrected chi connectivity index (χ4v) is 3.71. The summed E-state index contributed by atoms with van der Waals surface area (Å²) in [6.07, 6.45) is 3.87. The Kier molecular flexibility index (Phi) is 3.24. The average Bonchev–Trinajstić information content (AvgIpc) is 3.16. The van der Waals surface area contributed by atoms with Crippen LogP contribution < -0.4 is 0 Å². The molecular formula is C16H16N4OS2. The molecule has 4 aromatic rings. The Hall–Kier alpha value is -1.86. The molecule has 23 heavy (non-hydrogen) atoms. The van der Waals surface area contributed by atoms with Crippen LogP contribution in [-0.2, 0) is 5.41 Å². The summed E-state index contributed by atoms with van der Waals surface area (Å²) in [5.74, 6) is 0.537. The van der Waals surface area contributed by atoms with E-state index in [0.29, 0.717) is 11.6 Å². The summed E-state index contributed by atoms with van der Waals surface area (Å²) in [5.41, 5.74) is 3.68. The van der Waals surface area contributed by atoms with Gasteiger partial charge in [-0.05, 0) is 29.4 Å². The second-order valence-electron chi connectivity index (χ2n) is 6.38. The Morgan fingerprint density at radius 3 is 2.74 bits per heavy atom. The third kappa shape index (κ3) is 2.53. The molecule has 0 fully saturated rings. The van der Waals surface area contributed by atoms with Crippen molar-refractivity contribution in [1.82, 2.24) is 19.6 Å². The van der Waals surface area contributed by atoms with E-state index in [0.717, 1.165) is 20.4 Å². The Morgan fingerprint density at radius 2 is 2.04 bits per heavy atom. The van der Waals surface area contributed by atoms with Gasteiger partial charge in [0.25, 0.3) is 0 Å². The molecule has 7 heteroatoms. The SMILES string of the molecule is CSc1nn2cc(-c3nc4cc(C(C)(C)C)ccc4o3)nc2s1. The first kappa shape index (κ1) is 14.7. The number of fused-ring (bicyclic) bond motifs is 2. The highest BCUT2D eigenvalue weighted by Gasteiger charge is 2.18.